The van der Waals surface area contributed by atoms with Gasteiger partial charge in [0.25, 0.3) is 0 Å². The Morgan fingerprint density at radius 1 is 0.871 bits per heavy atom. The Kier molecular flexibility index (Phi) is 6.87. The van der Waals surface area contributed by atoms with E-state index in [0.717, 1.165) is 22.5 Å². The summed E-state index contributed by atoms with van der Waals surface area (Å²) in [6.45, 7) is 1.60. The van der Waals surface area contributed by atoms with Crippen molar-refractivity contribution in [3.05, 3.63) is 95.6 Å². The Labute approximate surface area is 182 Å². The molecule has 0 unspecified atom stereocenters. The van der Waals surface area contributed by atoms with Crippen LogP contribution in [0.15, 0.2) is 78.9 Å². The van der Waals surface area contributed by atoms with Crippen LogP contribution in [0.3, 0.4) is 0 Å². The van der Waals surface area contributed by atoms with Crippen molar-refractivity contribution in [1.82, 2.24) is 0 Å². The highest BCUT2D eigenvalue weighted by Gasteiger charge is 2.22. The maximum atomic E-state index is 12.9. The molecule has 6 nitrogen and oxygen atoms in total. The number of hydrogen-bond acceptors (Lipinski definition) is 4. The molecule has 1 amide bonds. The minimum Gasteiger partial charge on any atom is -0.324 e. The van der Waals surface area contributed by atoms with Gasteiger partial charge in [0.1, 0.15) is 6.54 Å². The van der Waals surface area contributed by atoms with Crippen molar-refractivity contribution in [2.24, 2.45) is 0 Å². The minimum atomic E-state index is -3.69. The van der Waals surface area contributed by atoms with E-state index in [4.69, 9.17) is 0 Å². The van der Waals surface area contributed by atoms with Crippen LogP contribution >= 0.6 is 0 Å². The number of para-hydroxylation sites is 1. The summed E-state index contributed by atoms with van der Waals surface area (Å²) in [5, 5.41) is 2.69. The molecule has 160 valence electrons. The quantitative estimate of drug-likeness (QED) is 0.543. The summed E-state index contributed by atoms with van der Waals surface area (Å²) in [5.74, 6) is -0.773. The predicted molar refractivity (Wildman–Crippen MR) is 123 cm³/mol. The van der Waals surface area contributed by atoms with E-state index in [1.807, 2.05) is 25.1 Å². The van der Waals surface area contributed by atoms with Gasteiger partial charge in [-0.25, -0.2) is 8.42 Å². The van der Waals surface area contributed by atoms with E-state index in [-0.39, 0.29) is 5.78 Å². The van der Waals surface area contributed by atoms with Crippen molar-refractivity contribution >= 4 is 33.1 Å². The molecule has 0 spiro atoms. The Bertz CT molecular complexity index is 1170. The van der Waals surface area contributed by atoms with Gasteiger partial charge in [-0.3, -0.25) is 13.9 Å². The van der Waals surface area contributed by atoms with Gasteiger partial charge in [-0.2, -0.15) is 0 Å². The molecule has 0 saturated heterocycles. The Hall–Kier alpha value is -3.45. The number of nitrogens with zero attached hydrogens (tertiary/aromatic N) is 1. The fourth-order valence-corrected chi connectivity index (χ4v) is 4.01. The summed E-state index contributed by atoms with van der Waals surface area (Å²) in [4.78, 5) is 25.6. The lowest BCUT2D eigenvalue weighted by Crippen LogP contribution is -2.37. The Morgan fingerprint density at radius 3 is 2.10 bits per heavy atom. The van der Waals surface area contributed by atoms with Gasteiger partial charge in [0.2, 0.25) is 15.9 Å². The van der Waals surface area contributed by atoms with Gasteiger partial charge in [0.05, 0.1) is 17.6 Å². The van der Waals surface area contributed by atoms with Crippen LogP contribution in [0.25, 0.3) is 0 Å². The SMILES string of the molecule is CCc1ccc(N(CC(=O)Nc2ccccc2C(=O)c2ccccc2)S(C)(=O)=O)cc1. The highest BCUT2D eigenvalue weighted by atomic mass is 32.2. The standard InChI is InChI=1S/C24H24N2O4S/c1-3-18-13-15-20(16-14-18)26(31(2,29)30)17-23(27)25-22-12-8-7-11-21(22)24(28)19-9-5-4-6-10-19/h4-16H,3,17H2,1-2H3,(H,25,27). The Balaban J connectivity index is 1.83. The predicted octanol–water partition coefficient (Wildman–Crippen LogP) is 3.88. The maximum absolute atomic E-state index is 12.9. The topological polar surface area (TPSA) is 83.6 Å². The first-order valence-electron chi connectivity index (χ1n) is 9.85. The van der Waals surface area contributed by atoms with Gasteiger partial charge in [-0.1, -0.05) is 61.5 Å². The molecular weight excluding hydrogens is 412 g/mol. The summed E-state index contributed by atoms with van der Waals surface area (Å²) in [5.41, 5.74) is 2.63. The number of nitrogens with one attached hydrogen (secondary N) is 1. The van der Waals surface area contributed by atoms with E-state index in [1.54, 1.807) is 60.7 Å². The third-order valence-electron chi connectivity index (χ3n) is 4.80. The zero-order chi connectivity index (χ0) is 22.4. The number of amides is 1. The van der Waals surface area contributed by atoms with Crippen LogP contribution in [0.5, 0.6) is 0 Å². The second-order valence-corrected chi connectivity index (χ2v) is 8.99. The Morgan fingerprint density at radius 2 is 1.48 bits per heavy atom. The van der Waals surface area contributed by atoms with Crippen LogP contribution in [0.4, 0.5) is 11.4 Å². The second-order valence-electron chi connectivity index (χ2n) is 7.08. The summed E-state index contributed by atoms with van der Waals surface area (Å²) >= 11 is 0. The number of carbonyl (C=O) groups excluding carboxylic acids is 2. The molecule has 0 atom stereocenters. The number of hydrogen-bond donors (Lipinski definition) is 1. The van der Waals surface area contributed by atoms with Crippen molar-refractivity contribution < 1.29 is 18.0 Å². The third kappa shape index (κ3) is 5.58. The van der Waals surface area contributed by atoms with E-state index >= 15 is 0 Å². The molecule has 0 aliphatic rings. The molecule has 0 bridgehead atoms. The van der Waals surface area contributed by atoms with Crippen LogP contribution < -0.4 is 9.62 Å². The van der Waals surface area contributed by atoms with E-state index in [0.29, 0.717) is 22.5 Å². The average molecular weight is 437 g/mol. The van der Waals surface area contributed by atoms with Crippen molar-refractivity contribution in [3.63, 3.8) is 0 Å². The van der Waals surface area contributed by atoms with Gasteiger partial charge in [-0.15, -0.1) is 0 Å². The third-order valence-corrected chi connectivity index (χ3v) is 5.94. The van der Waals surface area contributed by atoms with E-state index in [1.165, 1.54) is 0 Å². The fraction of sp³-hybridized carbons (Fsp3) is 0.167. The first kappa shape index (κ1) is 22.2. The first-order valence-corrected chi connectivity index (χ1v) is 11.7. The molecule has 31 heavy (non-hydrogen) atoms. The molecule has 0 aromatic heterocycles. The molecule has 0 fully saturated rings. The van der Waals surface area contributed by atoms with Crippen LogP contribution in [0.2, 0.25) is 0 Å². The number of anilines is 2. The lowest BCUT2D eigenvalue weighted by molar-refractivity contribution is -0.114. The average Bonchev–Trinajstić information content (AvgIpc) is 2.77. The fourth-order valence-electron chi connectivity index (χ4n) is 3.15. The van der Waals surface area contributed by atoms with Gasteiger partial charge < -0.3 is 5.32 Å². The molecule has 3 aromatic carbocycles. The van der Waals surface area contributed by atoms with Gasteiger partial charge >= 0.3 is 0 Å². The molecule has 7 heteroatoms. The number of ketones is 1. The molecule has 0 aliphatic carbocycles. The number of sulfonamides is 1. The van der Waals surface area contributed by atoms with E-state index in [9.17, 15) is 18.0 Å². The van der Waals surface area contributed by atoms with Crippen LogP contribution in [-0.2, 0) is 21.2 Å². The van der Waals surface area contributed by atoms with Crippen LogP contribution in [0.1, 0.15) is 28.4 Å². The number of aryl methyl sites for hydroxylation is 1. The highest BCUT2D eigenvalue weighted by Crippen LogP contribution is 2.21. The number of rotatable bonds is 8. The van der Waals surface area contributed by atoms with Crippen LogP contribution in [-0.4, -0.2) is 32.9 Å². The lowest BCUT2D eigenvalue weighted by atomic mass is 10.0. The second kappa shape index (κ2) is 9.57. The molecule has 3 aromatic rings. The van der Waals surface area contributed by atoms with Gasteiger partial charge in [-0.05, 0) is 36.2 Å². The first-order chi connectivity index (χ1) is 14.8. The largest absolute Gasteiger partial charge is 0.324 e. The number of carbonyl (C=O) groups is 2. The van der Waals surface area contributed by atoms with E-state index in [2.05, 4.69) is 5.32 Å². The molecule has 0 saturated carbocycles. The van der Waals surface area contributed by atoms with Gasteiger partial charge in [0, 0.05) is 11.1 Å². The van der Waals surface area contributed by atoms with Gasteiger partial charge in [0.15, 0.2) is 5.78 Å². The van der Waals surface area contributed by atoms with Crippen LogP contribution in [0, 0.1) is 0 Å². The summed E-state index contributed by atoms with van der Waals surface area (Å²) in [6.07, 6.45) is 1.88. The summed E-state index contributed by atoms with van der Waals surface area (Å²) in [6, 6.07) is 22.4. The lowest BCUT2D eigenvalue weighted by Gasteiger charge is -2.22. The van der Waals surface area contributed by atoms with Crippen molar-refractivity contribution in [1.29, 1.82) is 0 Å². The monoisotopic (exact) mass is 436 g/mol. The smallest absolute Gasteiger partial charge is 0.245 e. The zero-order valence-electron chi connectivity index (χ0n) is 17.4. The number of benzene rings is 3. The normalized spacial score (nSPS) is 11.0. The van der Waals surface area contributed by atoms with Crippen molar-refractivity contribution in [2.45, 2.75) is 13.3 Å². The highest BCUT2D eigenvalue weighted by molar-refractivity contribution is 7.92. The summed E-state index contributed by atoms with van der Waals surface area (Å²) in [7, 11) is -3.69. The van der Waals surface area contributed by atoms with Crippen molar-refractivity contribution in [2.75, 3.05) is 22.4 Å². The molecule has 0 aliphatic heterocycles. The molecule has 3 rings (SSSR count). The minimum absolute atomic E-state index is 0.230. The zero-order valence-corrected chi connectivity index (χ0v) is 18.2. The van der Waals surface area contributed by atoms with Crippen molar-refractivity contribution in [3.8, 4) is 0 Å². The molecule has 1 N–H and O–H groups in total. The maximum Gasteiger partial charge on any atom is 0.245 e. The molecule has 0 radical (unpaired) electrons. The molecule has 0 heterocycles. The summed E-state index contributed by atoms with van der Waals surface area (Å²) < 4.78 is 25.7. The molecular formula is C24H24N2O4S. The van der Waals surface area contributed by atoms with E-state index < -0.39 is 22.5 Å².